The van der Waals surface area contributed by atoms with Crippen molar-refractivity contribution in [3.8, 4) is 22.9 Å². The van der Waals surface area contributed by atoms with Crippen LogP contribution in [0.5, 0.6) is 11.6 Å². The van der Waals surface area contributed by atoms with E-state index in [9.17, 15) is 12.8 Å². The number of hydrogen-bond donors (Lipinski definition) is 3. The predicted molar refractivity (Wildman–Crippen MR) is 156 cm³/mol. The number of rotatable bonds is 9. The summed E-state index contributed by atoms with van der Waals surface area (Å²) in [5.74, 6) is 0.382. The molecule has 0 spiro atoms. The molecule has 3 heterocycles. The maximum Gasteiger partial charge on any atom is 0.233 e. The third kappa shape index (κ3) is 6.31. The second kappa shape index (κ2) is 11.7. The summed E-state index contributed by atoms with van der Waals surface area (Å²) in [6.45, 7) is 7.32. The molecule has 5 rings (SSSR count). The van der Waals surface area contributed by atoms with Gasteiger partial charge in [-0.1, -0.05) is 26.0 Å². The fourth-order valence-corrected chi connectivity index (χ4v) is 6.31. The number of halogens is 1. The third-order valence-corrected chi connectivity index (χ3v) is 8.26. The van der Waals surface area contributed by atoms with E-state index in [0.29, 0.717) is 39.6 Å². The van der Waals surface area contributed by atoms with Crippen LogP contribution in [0.2, 0.25) is 0 Å². The first kappa shape index (κ1) is 27.7. The van der Waals surface area contributed by atoms with E-state index >= 15 is 0 Å². The van der Waals surface area contributed by atoms with E-state index in [1.165, 1.54) is 6.07 Å². The maximum atomic E-state index is 14.9. The molecule has 0 bridgehead atoms. The Morgan fingerprint density at radius 1 is 1.10 bits per heavy atom. The standard InChI is InChI=1S/C29H33FN6O3S/c1-18(2)17-40(37,38)36-26-21-9-8-19(3)27(22(21)10-11-24(26)30)39-28-23(7-5-14-32-28)25-12-15-33-29(35-25)34-20-6-4-13-31-16-20/h5,7-12,14-15,18,20,31,36H,4,6,13,16-17H2,1-3H3,(H,33,34,35)/t20-/m0/s1. The van der Waals surface area contributed by atoms with Gasteiger partial charge in [0.05, 0.1) is 22.7 Å². The zero-order chi connectivity index (χ0) is 28.3. The molecule has 0 saturated carbocycles. The molecule has 4 aromatic rings. The van der Waals surface area contributed by atoms with Gasteiger partial charge in [-0.05, 0) is 68.1 Å². The quantitative estimate of drug-likeness (QED) is 0.244. The lowest BCUT2D eigenvalue weighted by molar-refractivity contribution is 0.466. The second-order valence-electron chi connectivity index (χ2n) is 10.4. The first-order chi connectivity index (χ1) is 19.2. The molecule has 3 N–H and O–H groups in total. The number of aromatic nitrogens is 3. The highest BCUT2D eigenvalue weighted by atomic mass is 32.2. The van der Waals surface area contributed by atoms with E-state index in [1.807, 2.05) is 13.0 Å². The zero-order valence-electron chi connectivity index (χ0n) is 22.7. The minimum atomic E-state index is -3.75. The van der Waals surface area contributed by atoms with Gasteiger partial charge in [0.25, 0.3) is 0 Å². The lowest BCUT2D eigenvalue weighted by Crippen LogP contribution is -2.38. The number of nitrogens with zero attached hydrogens (tertiary/aromatic N) is 3. The Hall–Kier alpha value is -3.83. The van der Waals surface area contributed by atoms with Crippen LogP contribution in [0.15, 0.2) is 54.9 Å². The molecule has 2 aromatic carbocycles. The number of fused-ring (bicyclic) bond motifs is 1. The molecule has 0 unspecified atom stereocenters. The van der Waals surface area contributed by atoms with Crippen molar-refractivity contribution < 1.29 is 17.5 Å². The van der Waals surface area contributed by atoms with Gasteiger partial charge in [0.1, 0.15) is 11.6 Å². The number of aryl methyl sites for hydroxylation is 1. The maximum absolute atomic E-state index is 14.9. The Morgan fingerprint density at radius 2 is 1.93 bits per heavy atom. The van der Waals surface area contributed by atoms with Crippen LogP contribution in [0.1, 0.15) is 32.3 Å². The molecule has 1 fully saturated rings. The van der Waals surface area contributed by atoms with Crippen LogP contribution < -0.4 is 20.1 Å². The monoisotopic (exact) mass is 564 g/mol. The van der Waals surface area contributed by atoms with Crippen LogP contribution in [0.25, 0.3) is 22.0 Å². The van der Waals surface area contributed by atoms with Crippen LogP contribution in [0, 0.1) is 18.7 Å². The number of nitrogens with one attached hydrogen (secondary N) is 3. The molecule has 0 aliphatic carbocycles. The van der Waals surface area contributed by atoms with Crippen LogP contribution in [-0.4, -0.2) is 48.3 Å². The molecule has 1 saturated heterocycles. The highest BCUT2D eigenvalue weighted by Gasteiger charge is 2.21. The molecule has 9 nitrogen and oxygen atoms in total. The summed E-state index contributed by atoms with van der Waals surface area (Å²) in [5.41, 5.74) is 1.97. The lowest BCUT2D eigenvalue weighted by atomic mass is 10.0. The van der Waals surface area contributed by atoms with Gasteiger partial charge >= 0.3 is 0 Å². The highest BCUT2D eigenvalue weighted by Crippen LogP contribution is 2.39. The van der Waals surface area contributed by atoms with Crippen LogP contribution >= 0.6 is 0 Å². The summed E-state index contributed by atoms with van der Waals surface area (Å²) >= 11 is 0. The van der Waals surface area contributed by atoms with Crippen molar-refractivity contribution in [1.82, 2.24) is 20.3 Å². The largest absolute Gasteiger partial charge is 0.437 e. The predicted octanol–water partition coefficient (Wildman–Crippen LogP) is 5.49. The topological polar surface area (TPSA) is 118 Å². The molecule has 40 heavy (non-hydrogen) atoms. The Labute approximate surface area is 233 Å². The van der Waals surface area contributed by atoms with Crippen molar-refractivity contribution >= 4 is 32.4 Å². The van der Waals surface area contributed by atoms with Crippen LogP contribution in [0.3, 0.4) is 0 Å². The highest BCUT2D eigenvalue weighted by molar-refractivity contribution is 7.92. The van der Waals surface area contributed by atoms with Gasteiger partial charge < -0.3 is 15.4 Å². The summed E-state index contributed by atoms with van der Waals surface area (Å²) in [4.78, 5) is 13.6. The van der Waals surface area contributed by atoms with E-state index in [2.05, 4.69) is 25.3 Å². The van der Waals surface area contributed by atoms with E-state index in [4.69, 9.17) is 9.72 Å². The third-order valence-electron chi connectivity index (χ3n) is 6.64. The number of benzene rings is 2. The Bertz CT molecular complexity index is 1620. The molecule has 0 radical (unpaired) electrons. The Morgan fingerprint density at radius 3 is 2.70 bits per heavy atom. The van der Waals surface area contributed by atoms with E-state index in [-0.39, 0.29) is 23.4 Å². The molecule has 11 heteroatoms. The molecule has 1 aliphatic heterocycles. The molecule has 0 amide bonds. The second-order valence-corrected chi connectivity index (χ2v) is 12.2. The van der Waals surface area contributed by atoms with Crippen molar-refractivity contribution in [2.24, 2.45) is 5.92 Å². The van der Waals surface area contributed by atoms with Gasteiger partial charge in [-0.25, -0.2) is 27.8 Å². The number of piperidine rings is 1. The SMILES string of the molecule is Cc1ccc2c(NS(=O)(=O)CC(C)C)c(F)ccc2c1Oc1ncccc1-c1ccnc(N[C@H]2CCCNC2)n1. The van der Waals surface area contributed by atoms with Gasteiger partial charge in [-0.3, -0.25) is 4.72 Å². The molecule has 210 valence electrons. The van der Waals surface area contributed by atoms with E-state index in [1.54, 1.807) is 56.6 Å². The van der Waals surface area contributed by atoms with Crippen molar-refractivity contribution in [2.45, 2.75) is 39.7 Å². The number of pyridine rings is 1. The summed E-state index contributed by atoms with van der Waals surface area (Å²) in [7, 11) is -3.75. The minimum Gasteiger partial charge on any atom is -0.437 e. The number of ether oxygens (including phenoxy) is 1. The number of sulfonamides is 1. The molecule has 2 aromatic heterocycles. The van der Waals surface area contributed by atoms with Crippen molar-refractivity contribution in [3.05, 3.63) is 66.2 Å². The minimum absolute atomic E-state index is 0.104. The van der Waals surface area contributed by atoms with Crippen molar-refractivity contribution in [1.29, 1.82) is 0 Å². The Kier molecular flexibility index (Phi) is 8.13. The van der Waals surface area contributed by atoms with Gasteiger partial charge in [-0.15, -0.1) is 0 Å². The lowest BCUT2D eigenvalue weighted by Gasteiger charge is -2.23. The van der Waals surface area contributed by atoms with Crippen molar-refractivity contribution in [3.63, 3.8) is 0 Å². The fourth-order valence-electron chi connectivity index (χ4n) is 4.84. The average molecular weight is 565 g/mol. The summed E-state index contributed by atoms with van der Waals surface area (Å²) in [6.07, 6.45) is 5.45. The van der Waals surface area contributed by atoms with Crippen LogP contribution in [-0.2, 0) is 10.0 Å². The fraction of sp³-hybridized carbons (Fsp3) is 0.345. The first-order valence-electron chi connectivity index (χ1n) is 13.4. The number of anilines is 2. The van der Waals surface area contributed by atoms with Gasteiger partial charge in [0.15, 0.2) is 0 Å². The smallest absolute Gasteiger partial charge is 0.233 e. The zero-order valence-corrected chi connectivity index (χ0v) is 23.6. The first-order valence-corrected chi connectivity index (χ1v) is 15.0. The van der Waals surface area contributed by atoms with Gasteiger partial charge in [-0.2, -0.15) is 0 Å². The van der Waals surface area contributed by atoms with Gasteiger partial charge in [0, 0.05) is 35.8 Å². The summed E-state index contributed by atoms with van der Waals surface area (Å²) in [6, 6.07) is 12.0. The molecular weight excluding hydrogens is 531 g/mol. The molecular formula is C29H33FN6O3S. The Balaban J connectivity index is 1.50. The normalized spacial score (nSPS) is 15.8. The summed E-state index contributed by atoms with van der Waals surface area (Å²) in [5, 5.41) is 7.71. The average Bonchev–Trinajstić information content (AvgIpc) is 2.92. The van der Waals surface area contributed by atoms with E-state index in [0.717, 1.165) is 31.5 Å². The van der Waals surface area contributed by atoms with Crippen LogP contribution in [0.4, 0.5) is 16.0 Å². The molecule has 1 aliphatic rings. The van der Waals surface area contributed by atoms with E-state index < -0.39 is 15.8 Å². The summed E-state index contributed by atoms with van der Waals surface area (Å²) < 4.78 is 49.1. The molecule has 1 atom stereocenters. The van der Waals surface area contributed by atoms with Gasteiger partial charge in [0.2, 0.25) is 21.9 Å². The number of hydrogen-bond acceptors (Lipinski definition) is 8. The van der Waals surface area contributed by atoms with Crippen molar-refractivity contribution in [2.75, 3.05) is 28.9 Å².